The zero-order valence-corrected chi connectivity index (χ0v) is 12.0. The first-order valence-electron chi connectivity index (χ1n) is 7.11. The van der Waals surface area contributed by atoms with Crippen molar-refractivity contribution in [1.82, 2.24) is 4.98 Å². The maximum atomic E-state index is 12.9. The molecule has 4 rings (SSSR count). The predicted octanol–water partition coefficient (Wildman–Crippen LogP) is 4.45. The highest BCUT2D eigenvalue weighted by Gasteiger charge is 2.13. The van der Waals surface area contributed by atoms with Crippen LogP contribution >= 0.6 is 0 Å². The van der Waals surface area contributed by atoms with Gasteiger partial charge in [0.1, 0.15) is 0 Å². The Labute approximate surface area is 122 Å². The molecule has 0 saturated carbocycles. The van der Waals surface area contributed by atoms with Crippen molar-refractivity contribution in [2.75, 3.05) is 0 Å². The van der Waals surface area contributed by atoms with Crippen LogP contribution < -0.4 is 5.43 Å². The molecular weight excluding hydrogens is 258 g/mol. The molecule has 21 heavy (non-hydrogen) atoms. The van der Waals surface area contributed by atoms with Crippen molar-refractivity contribution >= 4 is 32.6 Å². The Balaban J connectivity index is 2.42. The third-order valence-corrected chi connectivity index (χ3v) is 4.45. The molecule has 0 aliphatic heterocycles. The highest BCUT2D eigenvalue weighted by molar-refractivity contribution is 6.11. The van der Waals surface area contributed by atoms with E-state index in [-0.39, 0.29) is 5.43 Å². The van der Waals surface area contributed by atoms with Crippen LogP contribution in [0.1, 0.15) is 11.1 Å². The number of rotatable bonds is 0. The smallest absolute Gasteiger partial charge is 0.197 e. The molecule has 0 saturated heterocycles. The van der Waals surface area contributed by atoms with E-state index in [9.17, 15) is 4.79 Å². The largest absolute Gasteiger partial charge is 0.354 e. The van der Waals surface area contributed by atoms with Gasteiger partial charge in [0.2, 0.25) is 0 Å². The lowest BCUT2D eigenvalue weighted by Crippen LogP contribution is -2.07. The van der Waals surface area contributed by atoms with Gasteiger partial charge in [-0.25, -0.2) is 0 Å². The van der Waals surface area contributed by atoms with E-state index < -0.39 is 0 Å². The van der Waals surface area contributed by atoms with Crippen molar-refractivity contribution in [2.24, 2.45) is 0 Å². The summed E-state index contributed by atoms with van der Waals surface area (Å²) in [7, 11) is 0. The maximum absolute atomic E-state index is 12.9. The number of benzene rings is 3. The Hall–Kier alpha value is -2.61. The lowest BCUT2D eigenvalue weighted by Gasteiger charge is -2.12. The Morgan fingerprint density at radius 1 is 0.762 bits per heavy atom. The second kappa shape index (κ2) is 4.19. The molecule has 0 amide bonds. The summed E-state index contributed by atoms with van der Waals surface area (Å²) >= 11 is 0. The number of fused-ring (bicyclic) bond motifs is 4. The van der Waals surface area contributed by atoms with Gasteiger partial charge in [-0.3, -0.25) is 4.79 Å². The second-order valence-electron chi connectivity index (χ2n) is 5.55. The molecule has 1 heterocycles. The average Bonchev–Trinajstić information content (AvgIpc) is 2.52. The van der Waals surface area contributed by atoms with Crippen molar-refractivity contribution in [1.29, 1.82) is 0 Å². The Kier molecular flexibility index (Phi) is 2.43. The number of hydrogen-bond donors (Lipinski definition) is 1. The normalized spacial score (nSPS) is 11.5. The molecule has 102 valence electrons. The van der Waals surface area contributed by atoms with Crippen molar-refractivity contribution < 1.29 is 0 Å². The molecule has 0 aliphatic carbocycles. The average molecular weight is 273 g/mol. The van der Waals surface area contributed by atoms with Gasteiger partial charge in [0, 0.05) is 21.7 Å². The molecular formula is C19H15NO. The van der Waals surface area contributed by atoms with Gasteiger partial charge >= 0.3 is 0 Å². The molecule has 0 radical (unpaired) electrons. The van der Waals surface area contributed by atoms with E-state index in [0.717, 1.165) is 32.8 Å². The van der Waals surface area contributed by atoms with Crippen molar-refractivity contribution in [3.8, 4) is 0 Å². The number of aryl methyl sites for hydroxylation is 2. The molecule has 3 aromatic carbocycles. The zero-order chi connectivity index (χ0) is 14.6. The summed E-state index contributed by atoms with van der Waals surface area (Å²) in [6.07, 6.45) is 0. The van der Waals surface area contributed by atoms with Gasteiger partial charge in [0.15, 0.2) is 5.43 Å². The van der Waals surface area contributed by atoms with Gasteiger partial charge in [-0.15, -0.1) is 0 Å². The summed E-state index contributed by atoms with van der Waals surface area (Å²) in [6.45, 7) is 4.12. The third kappa shape index (κ3) is 1.56. The van der Waals surface area contributed by atoms with Crippen LogP contribution in [0.15, 0.2) is 53.3 Å². The van der Waals surface area contributed by atoms with Crippen LogP contribution in [0.4, 0.5) is 0 Å². The van der Waals surface area contributed by atoms with E-state index >= 15 is 0 Å². The summed E-state index contributed by atoms with van der Waals surface area (Å²) in [5, 5.41) is 3.87. The van der Waals surface area contributed by atoms with Gasteiger partial charge in [0.25, 0.3) is 0 Å². The predicted molar refractivity (Wildman–Crippen MR) is 89.1 cm³/mol. The Morgan fingerprint density at radius 3 is 2.14 bits per heavy atom. The van der Waals surface area contributed by atoms with E-state index in [0.29, 0.717) is 0 Å². The molecule has 0 spiro atoms. The Morgan fingerprint density at radius 2 is 1.38 bits per heavy atom. The minimum absolute atomic E-state index is 0.116. The van der Waals surface area contributed by atoms with E-state index in [1.807, 2.05) is 43.3 Å². The summed E-state index contributed by atoms with van der Waals surface area (Å²) in [6, 6.07) is 16.0. The van der Waals surface area contributed by atoms with Crippen LogP contribution in [0, 0.1) is 13.8 Å². The van der Waals surface area contributed by atoms with Crippen LogP contribution in [0.2, 0.25) is 0 Å². The SMILES string of the molecule is Cc1c(C)c2c(=O)c3ccccc3[nH]c2c2ccccc12. The van der Waals surface area contributed by atoms with Crippen molar-refractivity contribution in [2.45, 2.75) is 13.8 Å². The summed E-state index contributed by atoms with van der Waals surface area (Å²) in [4.78, 5) is 16.3. The molecule has 0 fully saturated rings. The molecule has 2 nitrogen and oxygen atoms in total. The van der Waals surface area contributed by atoms with Crippen molar-refractivity contribution in [3.63, 3.8) is 0 Å². The van der Waals surface area contributed by atoms with E-state index in [1.54, 1.807) is 0 Å². The van der Waals surface area contributed by atoms with Gasteiger partial charge in [-0.2, -0.15) is 0 Å². The first kappa shape index (κ1) is 12.2. The van der Waals surface area contributed by atoms with Crippen LogP contribution in [-0.4, -0.2) is 4.98 Å². The molecule has 0 unspecified atom stereocenters. The van der Waals surface area contributed by atoms with Gasteiger partial charge < -0.3 is 4.98 Å². The molecule has 4 aromatic rings. The Bertz CT molecular complexity index is 1070. The maximum Gasteiger partial charge on any atom is 0.197 e. The van der Waals surface area contributed by atoms with E-state index in [1.165, 1.54) is 10.9 Å². The topological polar surface area (TPSA) is 32.9 Å². The minimum Gasteiger partial charge on any atom is -0.354 e. The molecule has 0 atom stereocenters. The first-order chi connectivity index (χ1) is 10.2. The van der Waals surface area contributed by atoms with E-state index in [2.05, 4.69) is 24.0 Å². The first-order valence-corrected chi connectivity index (χ1v) is 7.11. The van der Waals surface area contributed by atoms with Gasteiger partial charge in [0.05, 0.1) is 5.52 Å². The highest BCUT2D eigenvalue weighted by Crippen LogP contribution is 2.30. The van der Waals surface area contributed by atoms with Crippen LogP contribution in [0.5, 0.6) is 0 Å². The van der Waals surface area contributed by atoms with Gasteiger partial charge in [-0.1, -0.05) is 36.4 Å². The lowest BCUT2D eigenvalue weighted by atomic mass is 9.95. The second-order valence-corrected chi connectivity index (χ2v) is 5.55. The van der Waals surface area contributed by atoms with Crippen LogP contribution in [-0.2, 0) is 0 Å². The summed E-state index contributed by atoms with van der Waals surface area (Å²) in [5.41, 5.74) is 4.20. The standard InChI is InChI=1S/C19H15NO/c1-11-12(2)17-18(14-8-4-3-7-13(11)14)20-16-10-6-5-9-15(16)19(17)21/h3-10H,1-2H3,(H,20,21). The monoisotopic (exact) mass is 273 g/mol. The summed E-state index contributed by atoms with van der Waals surface area (Å²) < 4.78 is 0. The number of aromatic amines is 1. The molecule has 0 bridgehead atoms. The number of para-hydroxylation sites is 1. The molecule has 1 N–H and O–H groups in total. The number of hydrogen-bond acceptors (Lipinski definition) is 1. The zero-order valence-electron chi connectivity index (χ0n) is 12.0. The van der Waals surface area contributed by atoms with Crippen molar-refractivity contribution in [3.05, 3.63) is 69.9 Å². The quantitative estimate of drug-likeness (QED) is 0.372. The van der Waals surface area contributed by atoms with Crippen LogP contribution in [0.25, 0.3) is 32.6 Å². The number of nitrogens with one attached hydrogen (secondary N) is 1. The molecule has 0 aliphatic rings. The highest BCUT2D eigenvalue weighted by atomic mass is 16.1. The van der Waals surface area contributed by atoms with Gasteiger partial charge in [-0.05, 0) is 42.5 Å². The summed E-state index contributed by atoms with van der Waals surface area (Å²) in [5.74, 6) is 0. The fourth-order valence-electron chi connectivity index (χ4n) is 3.21. The molecule has 2 heteroatoms. The minimum atomic E-state index is 0.116. The number of aromatic nitrogens is 1. The fraction of sp³-hybridized carbons (Fsp3) is 0.105. The van der Waals surface area contributed by atoms with E-state index in [4.69, 9.17) is 0 Å². The van der Waals surface area contributed by atoms with Crippen LogP contribution in [0.3, 0.4) is 0 Å². The fourth-order valence-corrected chi connectivity index (χ4v) is 3.21. The number of H-pyrrole nitrogens is 1. The lowest BCUT2D eigenvalue weighted by molar-refractivity contribution is 1.39. The third-order valence-electron chi connectivity index (χ3n) is 4.45. The molecule has 1 aromatic heterocycles. The number of pyridine rings is 1.